The summed E-state index contributed by atoms with van der Waals surface area (Å²) in [5.74, 6) is -0.506. The van der Waals surface area contributed by atoms with Gasteiger partial charge < -0.3 is 9.88 Å². The summed E-state index contributed by atoms with van der Waals surface area (Å²) in [6.07, 6.45) is -3.71. The smallest absolute Gasteiger partial charge is 0.306 e. The van der Waals surface area contributed by atoms with Gasteiger partial charge in [0.25, 0.3) is 0 Å². The van der Waals surface area contributed by atoms with Crippen molar-refractivity contribution >= 4 is 0 Å². The number of alkyl halides is 3. The Balaban J connectivity index is 2.42. The van der Waals surface area contributed by atoms with Gasteiger partial charge >= 0.3 is 6.18 Å². The van der Waals surface area contributed by atoms with Crippen LogP contribution >= 0.6 is 0 Å². The molecule has 1 aliphatic heterocycles. The van der Waals surface area contributed by atoms with Crippen LogP contribution in [-0.4, -0.2) is 21.3 Å². The van der Waals surface area contributed by atoms with E-state index in [1.54, 1.807) is 0 Å². The highest BCUT2D eigenvalue weighted by molar-refractivity contribution is 5.06. The van der Waals surface area contributed by atoms with Gasteiger partial charge in [0, 0.05) is 13.1 Å². The van der Waals surface area contributed by atoms with Crippen LogP contribution in [0.3, 0.4) is 0 Å². The van der Waals surface area contributed by atoms with E-state index >= 15 is 0 Å². The first-order chi connectivity index (χ1) is 7.04. The number of hydrogen-bond acceptors (Lipinski definition) is 3. The van der Waals surface area contributed by atoms with Crippen LogP contribution in [0.15, 0.2) is 0 Å². The number of fused-ring (bicyclic) bond motifs is 1. The van der Waals surface area contributed by atoms with E-state index in [9.17, 15) is 13.2 Å². The van der Waals surface area contributed by atoms with E-state index in [0.717, 1.165) is 4.57 Å². The van der Waals surface area contributed by atoms with Gasteiger partial charge in [0.15, 0.2) is 0 Å². The van der Waals surface area contributed by atoms with Crippen LogP contribution in [0.1, 0.15) is 31.0 Å². The van der Waals surface area contributed by atoms with Gasteiger partial charge in [-0.05, 0) is 6.42 Å². The van der Waals surface area contributed by atoms with Crippen LogP contribution in [0, 0.1) is 0 Å². The van der Waals surface area contributed by atoms with Crippen LogP contribution in [0.4, 0.5) is 13.2 Å². The van der Waals surface area contributed by atoms with Crippen LogP contribution in [0.2, 0.25) is 0 Å². The summed E-state index contributed by atoms with van der Waals surface area (Å²) in [6.45, 7) is 2.69. The second-order valence-corrected chi connectivity index (χ2v) is 3.45. The quantitative estimate of drug-likeness (QED) is 0.776. The van der Waals surface area contributed by atoms with Gasteiger partial charge in [0.05, 0.1) is 6.04 Å². The Morgan fingerprint density at radius 3 is 2.80 bits per heavy atom. The molecular formula is C8H11F3N4. The predicted octanol–water partition coefficient (Wildman–Crippen LogP) is 1.35. The van der Waals surface area contributed by atoms with Crippen molar-refractivity contribution in [1.82, 2.24) is 20.1 Å². The molecule has 84 valence electrons. The summed E-state index contributed by atoms with van der Waals surface area (Å²) in [4.78, 5) is 0. The SMILES string of the molecule is CC[C@H]1NCCn2c1nnc2C(F)(F)F. The van der Waals surface area contributed by atoms with Gasteiger partial charge in [0.2, 0.25) is 5.82 Å². The summed E-state index contributed by atoms with van der Waals surface area (Å²) in [7, 11) is 0. The molecule has 0 saturated heterocycles. The molecule has 2 rings (SSSR count). The number of aromatic nitrogens is 3. The maximum atomic E-state index is 12.5. The highest BCUT2D eigenvalue weighted by atomic mass is 19.4. The number of hydrogen-bond donors (Lipinski definition) is 1. The second kappa shape index (κ2) is 3.48. The number of rotatable bonds is 1. The van der Waals surface area contributed by atoms with E-state index in [4.69, 9.17) is 0 Å². The molecule has 0 aliphatic carbocycles. The molecule has 2 heterocycles. The Hall–Kier alpha value is -1.11. The standard InChI is InChI=1S/C8H11F3N4/c1-2-5-6-13-14-7(8(9,10)11)15(6)4-3-12-5/h5,12H,2-4H2,1H3/t5-/m1/s1. The number of halogens is 3. The second-order valence-electron chi connectivity index (χ2n) is 3.45. The van der Waals surface area contributed by atoms with Gasteiger partial charge in [-0.15, -0.1) is 10.2 Å². The summed E-state index contributed by atoms with van der Waals surface area (Å²) in [5.41, 5.74) is 0. The molecule has 1 N–H and O–H groups in total. The van der Waals surface area contributed by atoms with Gasteiger partial charge in [-0.25, -0.2) is 0 Å². The molecule has 1 aliphatic rings. The fourth-order valence-corrected chi connectivity index (χ4v) is 1.77. The Morgan fingerprint density at radius 2 is 2.20 bits per heavy atom. The largest absolute Gasteiger partial charge is 0.451 e. The van der Waals surface area contributed by atoms with Crippen LogP contribution in [0.25, 0.3) is 0 Å². The maximum Gasteiger partial charge on any atom is 0.451 e. The first-order valence-corrected chi connectivity index (χ1v) is 4.77. The molecule has 1 atom stereocenters. The lowest BCUT2D eigenvalue weighted by Gasteiger charge is -2.24. The van der Waals surface area contributed by atoms with Crippen molar-refractivity contribution in [2.24, 2.45) is 0 Å². The van der Waals surface area contributed by atoms with Crippen LogP contribution in [-0.2, 0) is 12.7 Å². The zero-order chi connectivity index (χ0) is 11.1. The summed E-state index contributed by atoms with van der Waals surface area (Å²) in [6, 6.07) is -0.123. The molecule has 1 aromatic heterocycles. The van der Waals surface area contributed by atoms with Gasteiger partial charge in [-0.1, -0.05) is 6.92 Å². The first-order valence-electron chi connectivity index (χ1n) is 4.77. The van der Waals surface area contributed by atoms with E-state index in [1.807, 2.05) is 6.92 Å². The molecule has 0 fully saturated rings. The Kier molecular flexibility index (Phi) is 2.41. The summed E-state index contributed by atoms with van der Waals surface area (Å²) >= 11 is 0. The highest BCUT2D eigenvalue weighted by Gasteiger charge is 2.39. The van der Waals surface area contributed by atoms with Crippen molar-refractivity contribution < 1.29 is 13.2 Å². The minimum absolute atomic E-state index is 0.123. The topological polar surface area (TPSA) is 42.7 Å². The van der Waals surface area contributed by atoms with Crippen molar-refractivity contribution in [3.8, 4) is 0 Å². The molecule has 0 spiro atoms. The van der Waals surface area contributed by atoms with E-state index in [0.29, 0.717) is 18.8 Å². The third kappa shape index (κ3) is 1.71. The lowest BCUT2D eigenvalue weighted by molar-refractivity contribution is -0.147. The predicted molar refractivity (Wildman–Crippen MR) is 46.1 cm³/mol. The van der Waals surface area contributed by atoms with Crippen LogP contribution < -0.4 is 5.32 Å². The molecular weight excluding hydrogens is 209 g/mol. The van der Waals surface area contributed by atoms with Gasteiger partial charge in [-0.3, -0.25) is 0 Å². The van der Waals surface area contributed by atoms with E-state index in [1.165, 1.54) is 0 Å². The third-order valence-corrected chi connectivity index (χ3v) is 2.48. The maximum absolute atomic E-state index is 12.5. The number of nitrogens with zero attached hydrogens (tertiary/aromatic N) is 3. The average molecular weight is 220 g/mol. The van der Waals surface area contributed by atoms with Crippen LogP contribution in [0.5, 0.6) is 0 Å². The monoisotopic (exact) mass is 220 g/mol. The van der Waals surface area contributed by atoms with Crippen molar-refractivity contribution in [3.63, 3.8) is 0 Å². The lowest BCUT2D eigenvalue weighted by atomic mass is 10.2. The molecule has 7 heteroatoms. The average Bonchev–Trinajstić information content (AvgIpc) is 2.59. The fourth-order valence-electron chi connectivity index (χ4n) is 1.77. The molecule has 0 radical (unpaired) electrons. The fraction of sp³-hybridized carbons (Fsp3) is 0.750. The summed E-state index contributed by atoms with van der Waals surface area (Å²) in [5, 5.41) is 9.92. The molecule has 0 saturated carbocycles. The zero-order valence-electron chi connectivity index (χ0n) is 8.17. The van der Waals surface area contributed by atoms with Gasteiger partial charge in [-0.2, -0.15) is 13.2 Å². The normalized spacial score (nSPS) is 21.5. The molecule has 0 aromatic carbocycles. The van der Waals surface area contributed by atoms with Gasteiger partial charge in [0.1, 0.15) is 5.82 Å². The minimum Gasteiger partial charge on any atom is -0.306 e. The molecule has 0 unspecified atom stereocenters. The molecule has 4 nitrogen and oxygen atoms in total. The van der Waals surface area contributed by atoms with E-state index in [2.05, 4.69) is 15.5 Å². The highest BCUT2D eigenvalue weighted by Crippen LogP contribution is 2.30. The van der Waals surface area contributed by atoms with E-state index < -0.39 is 12.0 Å². The Morgan fingerprint density at radius 1 is 1.47 bits per heavy atom. The Labute approximate surface area is 84.5 Å². The lowest BCUT2D eigenvalue weighted by Crippen LogP contribution is -2.34. The zero-order valence-corrected chi connectivity index (χ0v) is 8.17. The van der Waals surface area contributed by atoms with Crippen molar-refractivity contribution in [2.45, 2.75) is 32.1 Å². The molecule has 15 heavy (non-hydrogen) atoms. The molecule has 1 aromatic rings. The summed E-state index contributed by atoms with van der Waals surface area (Å²) < 4.78 is 38.6. The third-order valence-electron chi connectivity index (χ3n) is 2.48. The molecule has 0 amide bonds. The number of nitrogens with one attached hydrogen (secondary N) is 1. The first kappa shape index (κ1) is 10.4. The van der Waals surface area contributed by atoms with Crippen molar-refractivity contribution in [1.29, 1.82) is 0 Å². The Bertz CT molecular complexity index is 357. The van der Waals surface area contributed by atoms with Crippen molar-refractivity contribution in [2.75, 3.05) is 6.54 Å². The van der Waals surface area contributed by atoms with Crippen molar-refractivity contribution in [3.05, 3.63) is 11.6 Å². The molecule has 0 bridgehead atoms. The minimum atomic E-state index is -4.42. The van der Waals surface area contributed by atoms with E-state index in [-0.39, 0.29) is 12.6 Å².